The lowest BCUT2D eigenvalue weighted by Gasteiger charge is -2.19. The van der Waals surface area contributed by atoms with Crippen molar-refractivity contribution in [2.75, 3.05) is 13.1 Å². The lowest BCUT2D eigenvalue weighted by Crippen LogP contribution is -2.39. The molecule has 0 spiro atoms. The molecule has 2 unspecified atom stereocenters. The Kier molecular flexibility index (Phi) is 5.05. The van der Waals surface area contributed by atoms with Gasteiger partial charge in [-0.1, -0.05) is 0 Å². The van der Waals surface area contributed by atoms with Gasteiger partial charge in [0.05, 0.1) is 6.20 Å². The highest BCUT2D eigenvalue weighted by atomic mass is 19.1. The minimum absolute atomic E-state index is 0.101. The van der Waals surface area contributed by atoms with Crippen LogP contribution in [0.25, 0.3) is 0 Å². The summed E-state index contributed by atoms with van der Waals surface area (Å²) in [5.41, 5.74) is 0.347. The molecule has 0 radical (unpaired) electrons. The second-order valence-electron chi connectivity index (χ2n) is 5.95. The van der Waals surface area contributed by atoms with Crippen molar-refractivity contribution in [3.05, 3.63) is 54.1 Å². The van der Waals surface area contributed by atoms with Crippen LogP contribution in [-0.2, 0) is 0 Å². The highest BCUT2D eigenvalue weighted by molar-refractivity contribution is 5.92. The van der Waals surface area contributed by atoms with Crippen LogP contribution in [-0.4, -0.2) is 30.0 Å². The average molecular weight is 329 g/mol. The first-order valence-corrected chi connectivity index (χ1v) is 8.03. The molecule has 6 heteroatoms. The van der Waals surface area contributed by atoms with E-state index in [1.165, 1.54) is 30.5 Å². The molecular weight excluding hydrogens is 309 g/mol. The fourth-order valence-corrected chi connectivity index (χ4v) is 2.72. The summed E-state index contributed by atoms with van der Waals surface area (Å²) in [6, 6.07) is 9.11. The van der Waals surface area contributed by atoms with Crippen LogP contribution in [0.2, 0.25) is 0 Å². The van der Waals surface area contributed by atoms with Gasteiger partial charge in [-0.2, -0.15) is 0 Å². The zero-order chi connectivity index (χ0) is 16.9. The van der Waals surface area contributed by atoms with Gasteiger partial charge in [0, 0.05) is 6.04 Å². The van der Waals surface area contributed by atoms with E-state index in [0.29, 0.717) is 23.1 Å². The normalized spacial score (nSPS) is 18.2. The van der Waals surface area contributed by atoms with Gasteiger partial charge in [-0.05, 0) is 68.8 Å². The van der Waals surface area contributed by atoms with E-state index in [9.17, 15) is 9.18 Å². The number of ether oxygens (including phenoxy) is 1. The fraction of sp³-hybridized carbons (Fsp3) is 0.333. The number of halogens is 1. The first-order chi connectivity index (χ1) is 11.6. The third-order valence-corrected chi connectivity index (χ3v) is 4.18. The van der Waals surface area contributed by atoms with Gasteiger partial charge in [-0.3, -0.25) is 4.79 Å². The van der Waals surface area contributed by atoms with Gasteiger partial charge < -0.3 is 15.4 Å². The molecular formula is C18H20FN3O2. The molecule has 3 rings (SSSR count). The number of rotatable bonds is 5. The lowest BCUT2D eigenvalue weighted by atomic mass is 10.0. The fourth-order valence-electron chi connectivity index (χ4n) is 2.72. The maximum atomic E-state index is 12.9. The maximum absolute atomic E-state index is 12.9. The van der Waals surface area contributed by atoms with Gasteiger partial charge in [0.2, 0.25) is 0 Å². The van der Waals surface area contributed by atoms with E-state index in [-0.39, 0.29) is 17.8 Å². The molecule has 1 amide bonds. The van der Waals surface area contributed by atoms with E-state index >= 15 is 0 Å². The number of benzene rings is 1. The van der Waals surface area contributed by atoms with E-state index in [1.54, 1.807) is 12.1 Å². The van der Waals surface area contributed by atoms with Crippen LogP contribution in [0.4, 0.5) is 4.39 Å². The molecule has 1 aliphatic rings. The third kappa shape index (κ3) is 4.08. The van der Waals surface area contributed by atoms with Crippen LogP contribution in [0, 0.1) is 11.7 Å². The summed E-state index contributed by atoms with van der Waals surface area (Å²) in [7, 11) is 0. The van der Waals surface area contributed by atoms with Gasteiger partial charge in [0.1, 0.15) is 23.0 Å². The van der Waals surface area contributed by atoms with E-state index in [0.717, 1.165) is 19.5 Å². The van der Waals surface area contributed by atoms with Crippen LogP contribution in [0.15, 0.2) is 42.6 Å². The Bertz CT molecular complexity index is 682. The van der Waals surface area contributed by atoms with Crippen LogP contribution in [0.1, 0.15) is 23.8 Å². The van der Waals surface area contributed by atoms with Gasteiger partial charge in [-0.25, -0.2) is 9.37 Å². The quantitative estimate of drug-likeness (QED) is 0.885. The van der Waals surface area contributed by atoms with Gasteiger partial charge in [0.15, 0.2) is 0 Å². The Hall–Kier alpha value is -2.47. The summed E-state index contributed by atoms with van der Waals surface area (Å²) in [4.78, 5) is 16.4. The molecule has 1 aromatic carbocycles. The number of nitrogens with one attached hydrogen (secondary N) is 2. The summed E-state index contributed by atoms with van der Waals surface area (Å²) in [5.74, 6) is 0.945. The zero-order valence-electron chi connectivity index (χ0n) is 13.5. The van der Waals surface area contributed by atoms with Crippen molar-refractivity contribution in [3.8, 4) is 11.5 Å². The summed E-state index contributed by atoms with van der Waals surface area (Å²) in [6.07, 6.45) is 2.55. The Balaban J connectivity index is 1.59. The van der Waals surface area contributed by atoms with E-state index in [2.05, 4.69) is 15.6 Å². The molecule has 24 heavy (non-hydrogen) atoms. The highest BCUT2D eigenvalue weighted by Crippen LogP contribution is 2.21. The molecule has 2 N–H and O–H groups in total. The van der Waals surface area contributed by atoms with Crippen molar-refractivity contribution in [1.29, 1.82) is 0 Å². The molecule has 2 aromatic rings. The first kappa shape index (κ1) is 16.4. The standard InChI is InChI=1S/C18H20FN3O2/c1-12(13-8-9-20-10-13)22-18(23)17-7-6-16(11-21-17)24-15-4-2-14(19)3-5-15/h2-7,11-13,20H,8-10H2,1H3,(H,22,23). The summed E-state index contributed by atoms with van der Waals surface area (Å²) in [5, 5.41) is 6.28. The number of carbonyl (C=O) groups excluding carboxylic acids is 1. The molecule has 1 aliphatic heterocycles. The predicted octanol–water partition coefficient (Wildman–Crippen LogP) is 2.74. The van der Waals surface area contributed by atoms with E-state index in [1.807, 2.05) is 6.92 Å². The number of pyridine rings is 1. The van der Waals surface area contributed by atoms with E-state index < -0.39 is 0 Å². The zero-order valence-corrected chi connectivity index (χ0v) is 13.5. The first-order valence-electron chi connectivity index (χ1n) is 8.03. The lowest BCUT2D eigenvalue weighted by molar-refractivity contribution is 0.0923. The van der Waals surface area contributed by atoms with Crippen molar-refractivity contribution in [1.82, 2.24) is 15.6 Å². The summed E-state index contributed by atoms with van der Waals surface area (Å²) < 4.78 is 18.4. The molecule has 0 saturated carbocycles. The number of aromatic nitrogens is 1. The monoisotopic (exact) mass is 329 g/mol. The molecule has 0 bridgehead atoms. The van der Waals surface area contributed by atoms with Crippen LogP contribution >= 0.6 is 0 Å². The molecule has 126 valence electrons. The van der Waals surface area contributed by atoms with Gasteiger partial charge >= 0.3 is 0 Å². The van der Waals surface area contributed by atoms with Crippen molar-refractivity contribution < 1.29 is 13.9 Å². The maximum Gasteiger partial charge on any atom is 0.270 e. The Morgan fingerprint density at radius 3 is 2.67 bits per heavy atom. The summed E-state index contributed by atoms with van der Waals surface area (Å²) in [6.45, 7) is 3.94. The molecule has 2 heterocycles. The number of carbonyl (C=O) groups is 1. The van der Waals surface area contributed by atoms with Crippen molar-refractivity contribution in [2.24, 2.45) is 5.92 Å². The Morgan fingerprint density at radius 1 is 1.29 bits per heavy atom. The number of hydrogen-bond acceptors (Lipinski definition) is 4. The second-order valence-corrected chi connectivity index (χ2v) is 5.95. The largest absolute Gasteiger partial charge is 0.456 e. The minimum Gasteiger partial charge on any atom is -0.456 e. The number of hydrogen-bond donors (Lipinski definition) is 2. The SMILES string of the molecule is CC(NC(=O)c1ccc(Oc2ccc(F)cc2)cn1)C1CCNC1. The average Bonchev–Trinajstić information content (AvgIpc) is 3.12. The predicted molar refractivity (Wildman–Crippen MR) is 88.6 cm³/mol. The van der Waals surface area contributed by atoms with Gasteiger partial charge in [0.25, 0.3) is 5.91 Å². The van der Waals surface area contributed by atoms with Crippen molar-refractivity contribution >= 4 is 5.91 Å². The minimum atomic E-state index is -0.320. The van der Waals surface area contributed by atoms with Crippen molar-refractivity contribution in [2.45, 2.75) is 19.4 Å². The molecule has 1 saturated heterocycles. The highest BCUT2D eigenvalue weighted by Gasteiger charge is 2.23. The van der Waals surface area contributed by atoms with Crippen LogP contribution < -0.4 is 15.4 Å². The smallest absolute Gasteiger partial charge is 0.270 e. The number of nitrogens with zero attached hydrogens (tertiary/aromatic N) is 1. The summed E-state index contributed by atoms with van der Waals surface area (Å²) >= 11 is 0. The molecule has 1 aromatic heterocycles. The molecule has 2 atom stereocenters. The molecule has 1 fully saturated rings. The Labute approximate surface area is 140 Å². The molecule has 0 aliphatic carbocycles. The van der Waals surface area contributed by atoms with Gasteiger partial charge in [-0.15, -0.1) is 0 Å². The van der Waals surface area contributed by atoms with Crippen LogP contribution in [0.5, 0.6) is 11.5 Å². The topological polar surface area (TPSA) is 63.2 Å². The Morgan fingerprint density at radius 2 is 2.04 bits per heavy atom. The van der Waals surface area contributed by atoms with E-state index in [4.69, 9.17) is 4.74 Å². The van der Waals surface area contributed by atoms with Crippen LogP contribution in [0.3, 0.4) is 0 Å². The third-order valence-electron chi connectivity index (χ3n) is 4.18. The van der Waals surface area contributed by atoms with Crippen molar-refractivity contribution in [3.63, 3.8) is 0 Å². The number of amides is 1. The molecule has 5 nitrogen and oxygen atoms in total. The second kappa shape index (κ2) is 7.40.